The molecule has 0 amide bonds. The summed E-state index contributed by atoms with van der Waals surface area (Å²) in [5.41, 5.74) is -4.11. The van der Waals surface area contributed by atoms with Gasteiger partial charge in [-0.2, -0.15) is 17.5 Å². The lowest BCUT2D eigenvalue weighted by Crippen LogP contribution is -2.23. The molecule has 0 fully saturated rings. The van der Waals surface area contributed by atoms with Gasteiger partial charge in [-0.3, -0.25) is 0 Å². The van der Waals surface area contributed by atoms with Gasteiger partial charge in [-0.25, -0.2) is 4.21 Å². The minimum atomic E-state index is -4.93. The van der Waals surface area contributed by atoms with Crippen LogP contribution in [-0.4, -0.2) is 9.72 Å². The fraction of sp³-hybridized carbons (Fsp3) is 0.143. The zero-order chi connectivity index (χ0) is 14.8. The van der Waals surface area contributed by atoms with Crippen LogP contribution in [0.2, 0.25) is 0 Å². The molecule has 2 rings (SSSR count). The van der Waals surface area contributed by atoms with E-state index < -0.39 is 15.2 Å². The zero-order valence-electron chi connectivity index (χ0n) is 10.6. The average molecular weight is 299 g/mol. The molecule has 0 saturated heterocycles. The number of benzene rings is 2. The normalized spacial score (nSPS) is 14.6. The summed E-state index contributed by atoms with van der Waals surface area (Å²) in [7, 11) is -4.53. The number of halogens is 3. The van der Waals surface area contributed by atoms with Crippen molar-refractivity contribution < 1.29 is 17.4 Å². The third kappa shape index (κ3) is 2.85. The van der Waals surface area contributed by atoms with Gasteiger partial charge in [-0.05, 0) is 31.2 Å². The van der Waals surface area contributed by atoms with Crippen molar-refractivity contribution in [2.75, 3.05) is 0 Å². The maximum atomic E-state index is 13.2. The third-order valence-electron chi connectivity index (χ3n) is 2.64. The lowest BCUT2D eigenvalue weighted by molar-refractivity contribution is -0.0402. The Balaban J connectivity index is 2.67. The molecule has 1 unspecified atom stereocenters. The summed E-state index contributed by atoms with van der Waals surface area (Å²) in [5, 5.41) is 0. The first-order valence-electron chi connectivity index (χ1n) is 5.78. The van der Waals surface area contributed by atoms with Gasteiger partial charge in [-0.1, -0.05) is 35.9 Å². The van der Waals surface area contributed by atoms with Gasteiger partial charge < -0.3 is 0 Å². The van der Waals surface area contributed by atoms with Crippen LogP contribution in [0.15, 0.2) is 63.9 Å². The van der Waals surface area contributed by atoms with Crippen LogP contribution < -0.4 is 0 Å². The summed E-state index contributed by atoms with van der Waals surface area (Å²) >= 11 is 0. The number of nitrogens with zero attached hydrogens (tertiary/aromatic N) is 1. The molecule has 0 aliphatic heterocycles. The minimum Gasteiger partial charge on any atom is -0.235 e. The van der Waals surface area contributed by atoms with Crippen LogP contribution >= 0.6 is 0 Å². The Kier molecular flexibility index (Phi) is 3.85. The van der Waals surface area contributed by atoms with Crippen LogP contribution in [0.5, 0.6) is 0 Å². The van der Waals surface area contributed by atoms with Crippen molar-refractivity contribution in [3.63, 3.8) is 0 Å². The van der Waals surface area contributed by atoms with E-state index in [4.69, 9.17) is 0 Å². The summed E-state index contributed by atoms with van der Waals surface area (Å²) in [6, 6.07) is 12.9. The molecule has 2 nitrogen and oxygen atoms in total. The second-order valence-corrected chi connectivity index (χ2v) is 6.38. The smallest absolute Gasteiger partial charge is 0.235 e. The fourth-order valence-corrected chi connectivity index (χ4v) is 3.00. The Morgan fingerprint density at radius 2 is 1.50 bits per heavy atom. The quantitative estimate of drug-likeness (QED) is 0.792. The standard InChI is InChI=1S/C14H12F3NOS/c1-11-7-9-13(10-8-11)20(19,14(15,16)17)18-12-5-3-2-4-6-12/h2-10H,1H3. The van der Waals surface area contributed by atoms with Crippen molar-refractivity contribution >= 4 is 15.4 Å². The van der Waals surface area contributed by atoms with E-state index in [1.165, 1.54) is 36.4 Å². The number of alkyl halides is 3. The monoisotopic (exact) mass is 299 g/mol. The van der Waals surface area contributed by atoms with E-state index in [2.05, 4.69) is 4.36 Å². The van der Waals surface area contributed by atoms with Crippen molar-refractivity contribution in [3.8, 4) is 0 Å². The van der Waals surface area contributed by atoms with Crippen LogP contribution in [0.3, 0.4) is 0 Å². The third-order valence-corrected chi connectivity index (χ3v) is 4.65. The molecule has 0 N–H and O–H groups in total. The molecule has 0 bridgehead atoms. The predicted octanol–water partition coefficient (Wildman–Crippen LogP) is 4.67. The molecule has 0 aliphatic rings. The van der Waals surface area contributed by atoms with Gasteiger partial charge >= 0.3 is 5.51 Å². The highest BCUT2D eigenvalue weighted by Gasteiger charge is 2.44. The SMILES string of the molecule is Cc1ccc(S(=O)(=Nc2ccccc2)C(F)(F)F)cc1. The number of hydrogen-bond donors (Lipinski definition) is 0. The van der Waals surface area contributed by atoms with Crippen molar-refractivity contribution in [2.24, 2.45) is 4.36 Å². The predicted molar refractivity (Wildman–Crippen MR) is 72.2 cm³/mol. The summed E-state index contributed by atoms with van der Waals surface area (Å²) in [6.07, 6.45) is 0. The summed E-state index contributed by atoms with van der Waals surface area (Å²) in [5.74, 6) is 0. The van der Waals surface area contributed by atoms with Gasteiger partial charge in [0.1, 0.15) is 0 Å². The molecule has 2 aromatic carbocycles. The van der Waals surface area contributed by atoms with Gasteiger partial charge in [0, 0.05) is 0 Å². The van der Waals surface area contributed by atoms with Gasteiger partial charge in [0.15, 0.2) is 9.73 Å². The Morgan fingerprint density at radius 3 is 2.00 bits per heavy atom. The van der Waals surface area contributed by atoms with Crippen molar-refractivity contribution in [1.82, 2.24) is 0 Å². The summed E-state index contributed by atoms with van der Waals surface area (Å²) in [4.78, 5) is -0.334. The van der Waals surface area contributed by atoms with Crippen LogP contribution in [0.4, 0.5) is 18.9 Å². The minimum absolute atomic E-state index is 0.0374. The van der Waals surface area contributed by atoms with Gasteiger partial charge in [-0.15, -0.1) is 0 Å². The molecule has 1 atom stereocenters. The van der Waals surface area contributed by atoms with Crippen molar-refractivity contribution in [2.45, 2.75) is 17.3 Å². The first-order valence-corrected chi connectivity index (χ1v) is 7.30. The lowest BCUT2D eigenvalue weighted by atomic mass is 10.2. The molecule has 2 aromatic rings. The molecule has 0 heterocycles. The van der Waals surface area contributed by atoms with Gasteiger partial charge in [0.2, 0.25) is 0 Å². The van der Waals surface area contributed by atoms with Crippen LogP contribution in [-0.2, 0) is 9.73 Å². The molecule has 106 valence electrons. The highest BCUT2D eigenvalue weighted by atomic mass is 32.2. The largest absolute Gasteiger partial charge is 0.484 e. The molecule has 6 heteroatoms. The molecule has 0 aliphatic carbocycles. The summed E-state index contributed by atoms with van der Waals surface area (Å²) < 4.78 is 55.5. The number of hydrogen-bond acceptors (Lipinski definition) is 2. The molecule has 0 radical (unpaired) electrons. The highest BCUT2D eigenvalue weighted by molar-refractivity contribution is 7.94. The molecular weight excluding hydrogens is 287 g/mol. The van der Waals surface area contributed by atoms with E-state index in [9.17, 15) is 17.4 Å². The van der Waals surface area contributed by atoms with Crippen molar-refractivity contribution in [1.29, 1.82) is 0 Å². The maximum Gasteiger partial charge on any atom is 0.484 e. The Labute approximate surface area is 115 Å². The van der Waals surface area contributed by atoms with E-state index in [0.29, 0.717) is 0 Å². The Hall–Kier alpha value is -1.82. The second-order valence-electron chi connectivity index (χ2n) is 4.21. The van der Waals surface area contributed by atoms with E-state index in [1.54, 1.807) is 25.1 Å². The van der Waals surface area contributed by atoms with Gasteiger partial charge in [0.25, 0.3) is 0 Å². The van der Waals surface area contributed by atoms with Crippen molar-refractivity contribution in [3.05, 3.63) is 60.2 Å². The topological polar surface area (TPSA) is 29.4 Å². The van der Waals surface area contributed by atoms with Crippen LogP contribution in [0.1, 0.15) is 5.56 Å². The van der Waals surface area contributed by atoms with E-state index >= 15 is 0 Å². The van der Waals surface area contributed by atoms with E-state index in [-0.39, 0.29) is 10.6 Å². The van der Waals surface area contributed by atoms with E-state index in [0.717, 1.165) is 5.56 Å². The van der Waals surface area contributed by atoms with E-state index in [1.807, 2.05) is 0 Å². The molecule has 20 heavy (non-hydrogen) atoms. The summed E-state index contributed by atoms with van der Waals surface area (Å²) in [6.45, 7) is 1.74. The first kappa shape index (κ1) is 14.6. The second kappa shape index (κ2) is 5.28. The van der Waals surface area contributed by atoms with Crippen LogP contribution in [0.25, 0.3) is 0 Å². The fourth-order valence-electron chi connectivity index (χ4n) is 1.60. The molecule has 0 aromatic heterocycles. The molecular formula is C14H12F3NOS. The maximum absolute atomic E-state index is 13.2. The molecule has 0 spiro atoms. The van der Waals surface area contributed by atoms with Crippen LogP contribution in [0, 0.1) is 6.92 Å². The number of rotatable bonds is 2. The lowest BCUT2D eigenvalue weighted by Gasteiger charge is -2.14. The Bertz CT molecular complexity index is 699. The van der Waals surface area contributed by atoms with Gasteiger partial charge in [0.05, 0.1) is 10.6 Å². The Morgan fingerprint density at radius 1 is 0.950 bits per heavy atom. The average Bonchev–Trinajstić information content (AvgIpc) is 2.39. The zero-order valence-corrected chi connectivity index (χ0v) is 11.4. The first-order chi connectivity index (χ1) is 9.33. The number of aryl methyl sites for hydroxylation is 1. The molecule has 0 saturated carbocycles. The highest BCUT2D eigenvalue weighted by Crippen LogP contribution is 2.35.